The van der Waals surface area contributed by atoms with Crippen LogP contribution in [0.25, 0.3) is 10.1 Å². The van der Waals surface area contributed by atoms with Crippen molar-refractivity contribution in [2.45, 2.75) is 32.6 Å². The van der Waals surface area contributed by atoms with Gasteiger partial charge in [0, 0.05) is 36.9 Å². The molecule has 2 amide bonds. The molecule has 0 saturated carbocycles. The molecule has 0 bridgehead atoms. The van der Waals surface area contributed by atoms with E-state index in [0.717, 1.165) is 48.2 Å². The summed E-state index contributed by atoms with van der Waals surface area (Å²) in [5.41, 5.74) is 0.846. The van der Waals surface area contributed by atoms with Crippen LogP contribution in [0, 0.1) is 5.92 Å². The van der Waals surface area contributed by atoms with Crippen LogP contribution in [-0.2, 0) is 0 Å². The fourth-order valence-electron chi connectivity index (χ4n) is 3.43. The number of piperidine rings is 1. The molecule has 1 aliphatic heterocycles. The number of carbonyl (C=O) groups is 1. The van der Waals surface area contributed by atoms with Crippen molar-refractivity contribution in [3.63, 3.8) is 0 Å². The predicted molar refractivity (Wildman–Crippen MR) is 105 cm³/mol. The second kappa shape index (κ2) is 8.63. The van der Waals surface area contributed by atoms with E-state index in [0.29, 0.717) is 5.92 Å². The molecule has 3 rings (SSSR count). The number of urea groups is 1. The van der Waals surface area contributed by atoms with Crippen molar-refractivity contribution in [3.05, 3.63) is 24.4 Å². The number of anilines is 1. The molecule has 0 radical (unpaired) electrons. The standard InChI is InChI=1S/C19H28N4OS/c1-3-4-9-22(2)14-15-7-10-23(11-8-15)19(24)21-17-5-6-18-16(12-17)13-20-25-18/h5-6,12-13,15H,3-4,7-11,14H2,1-2H3,(H,21,24). The molecule has 0 spiro atoms. The summed E-state index contributed by atoms with van der Waals surface area (Å²) < 4.78 is 5.32. The van der Waals surface area contributed by atoms with E-state index in [-0.39, 0.29) is 6.03 Å². The number of aromatic nitrogens is 1. The molecule has 2 aromatic rings. The molecule has 25 heavy (non-hydrogen) atoms. The average molecular weight is 361 g/mol. The summed E-state index contributed by atoms with van der Waals surface area (Å²) >= 11 is 1.48. The third-order valence-corrected chi connectivity index (χ3v) is 5.75. The fraction of sp³-hybridized carbons (Fsp3) is 0.579. The maximum Gasteiger partial charge on any atom is 0.321 e. The molecule has 1 aromatic carbocycles. The average Bonchev–Trinajstić information content (AvgIpc) is 3.08. The zero-order valence-corrected chi connectivity index (χ0v) is 16.0. The van der Waals surface area contributed by atoms with E-state index in [1.165, 1.54) is 30.9 Å². The van der Waals surface area contributed by atoms with E-state index >= 15 is 0 Å². The summed E-state index contributed by atoms with van der Waals surface area (Å²) in [4.78, 5) is 16.9. The number of amides is 2. The molecule has 1 N–H and O–H groups in total. The van der Waals surface area contributed by atoms with Gasteiger partial charge in [-0.2, -0.15) is 4.37 Å². The summed E-state index contributed by atoms with van der Waals surface area (Å²) in [5, 5.41) is 4.11. The molecule has 136 valence electrons. The van der Waals surface area contributed by atoms with Crippen LogP contribution >= 0.6 is 11.5 Å². The second-order valence-corrected chi connectivity index (χ2v) is 7.89. The van der Waals surface area contributed by atoms with Gasteiger partial charge in [-0.1, -0.05) is 13.3 Å². The smallest absolute Gasteiger partial charge is 0.321 e. The van der Waals surface area contributed by atoms with E-state index in [2.05, 4.69) is 28.6 Å². The fourth-order valence-corrected chi connectivity index (χ4v) is 4.06. The van der Waals surface area contributed by atoms with Crippen molar-refractivity contribution >= 4 is 33.3 Å². The van der Waals surface area contributed by atoms with E-state index in [1.807, 2.05) is 29.3 Å². The lowest BCUT2D eigenvalue weighted by Crippen LogP contribution is -2.43. The first-order valence-electron chi connectivity index (χ1n) is 9.24. The number of unbranched alkanes of at least 4 members (excludes halogenated alkanes) is 1. The van der Waals surface area contributed by atoms with Crippen molar-refractivity contribution in [1.29, 1.82) is 0 Å². The van der Waals surface area contributed by atoms with E-state index in [4.69, 9.17) is 0 Å². The Kier molecular flexibility index (Phi) is 6.26. The number of hydrogen-bond acceptors (Lipinski definition) is 4. The van der Waals surface area contributed by atoms with Gasteiger partial charge in [0.15, 0.2) is 0 Å². The summed E-state index contributed by atoms with van der Waals surface area (Å²) in [6.45, 7) is 6.26. The molecule has 5 nitrogen and oxygen atoms in total. The van der Waals surface area contributed by atoms with Crippen molar-refractivity contribution in [3.8, 4) is 0 Å². The largest absolute Gasteiger partial charge is 0.325 e. The summed E-state index contributed by atoms with van der Waals surface area (Å²) in [5.74, 6) is 0.708. The number of likely N-dealkylation sites (tertiary alicyclic amines) is 1. The molecule has 0 unspecified atom stereocenters. The highest BCUT2D eigenvalue weighted by Gasteiger charge is 2.23. The number of hydrogen-bond donors (Lipinski definition) is 1. The third-order valence-electron chi connectivity index (χ3n) is 4.97. The minimum Gasteiger partial charge on any atom is -0.325 e. The maximum absolute atomic E-state index is 12.5. The van der Waals surface area contributed by atoms with E-state index < -0.39 is 0 Å². The number of rotatable bonds is 6. The Morgan fingerprint density at radius 1 is 1.40 bits per heavy atom. The van der Waals surface area contributed by atoms with Crippen molar-refractivity contribution < 1.29 is 4.79 Å². The van der Waals surface area contributed by atoms with Crippen LogP contribution in [0.5, 0.6) is 0 Å². The van der Waals surface area contributed by atoms with Crippen molar-refractivity contribution in [1.82, 2.24) is 14.2 Å². The molecule has 1 aromatic heterocycles. The SMILES string of the molecule is CCCCN(C)CC1CCN(C(=O)Nc2ccc3sncc3c2)CC1. The second-order valence-electron chi connectivity index (χ2n) is 7.05. The highest BCUT2D eigenvalue weighted by atomic mass is 32.1. The molecular formula is C19H28N4OS. The van der Waals surface area contributed by atoms with Gasteiger partial charge in [-0.3, -0.25) is 0 Å². The van der Waals surface area contributed by atoms with Crippen LogP contribution in [0.15, 0.2) is 24.4 Å². The molecule has 0 aliphatic carbocycles. The highest BCUT2D eigenvalue weighted by Crippen LogP contribution is 2.23. The first-order chi connectivity index (χ1) is 12.2. The van der Waals surface area contributed by atoms with Gasteiger partial charge in [0.1, 0.15) is 0 Å². The Morgan fingerprint density at radius 3 is 2.96 bits per heavy atom. The molecule has 0 atom stereocenters. The van der Waals surface area contributed by atoms with E-state index in [1.54, 1.807) is 0 Å². The molecule has 1 saturated heterocycles. The Morgan fingerprint density at radius 2 is 2.20 bits per heavy atom. The van der Waals surface area contributed by atoms with Crippen molar-refractivity contribution in [2.24, 2.45) is 5.92 Å². The Labute approximate surface area is 154 Å². The summed E-state index contributed by atoms with van der Waals surface area (Å²) in [6.07, 6.45) is 6.54. The molecule has 2 heterocycles. The van der Waals surface area contributed by atoms with Gasteiger partial charge in [0.2, 0.25) is 0 Å². The first kappa shape index (κ1) is 18.1. The molecule has 1 aliphatic rings. The molecular weight excluding hydrogens is 332 g/mol. The summed E-state index contributed by atoms with van der Waals surface area (Å²) in [7, 11) is 2.21. The Balaban J connectivity index is 1.46. The van der Waals surface area contributed by atoms with Gasteiger partial charge in [-0.25, -0.2) is 4.79 Å². The third kappa shape index (κ3) is 4.92. The number of nitrogens with one attached hydrogen (secondary N) is 1. The maximum atomic E-state index is 12.5. The lowest BCUT2D eigenvalue weighted by molar-refractivity contribution is 0.163. The van der Waals surface area contributed by atoms with Crippen LogP contribution in [0.1, 0.15) is 32.6 Å². The number of benzene rings is 1. The van der Waals surface area contributed by atoms with Crippen LogP contribution in [0.2, 0.25) is 0 Å². The zero-order valence-electron chi connectivity index (χ0n) is 15.2. The topological polar surface area (TPSA) is 48.5 Å². The van der Waals surface area contributed by atoms with Gasteiger partial charge in [0.05, 0.1) is 4.70 Å². The van der Waals surface area contributed by atoms with Gasteiger partial charge in [-0.05, 0) is 68.5 Å². The quantitative estimate of drug-likeness (QED) is 0.837. The van der Waals surface area contributed by atoms with Crippen LogP contribution in [-0.4, -0.2) is 53.4 Å². The predicted octanol–water partition coefficient (Wildman–Crippen LogP) is 4.27. The highest BCUT2D eigenvalue weighted by molar-refractivity contribution is 7.13. The number of fused-ring (bicyclic) bond motifs is 1. The van der Waals surface area contributed by atoms with Crippen LogP contribution < -0.4 is 5.32 Å². The van der Waals surface area contributed by atoms with E-state index in [9.17, 15) is 4.79 Å². The minimum atomic E-state index is 0.0142. The lowest BCUT2D eigenvalue weighted by Gasteiger charge is -2.34. The van der Waals surface area contributed by atoms with Gasteiger partial charge in [-0.15, -0.1) is 0 Å². The lowest BCUT2D eigenvalue weighted by atomic mass is 9.96. The normalized spacial score (nSPS) is 15.9. The first-order valence-corrected chi connectivity index (χ1v) is 10.0. The zero-order chi connectivity index (χ0) is 17.6. The van der Waals surface area contributed by atoms with Gasteiger partial charge < -0.3 is 15.1 Å². The molecule has 1 fully saturated rings. The number of nitrogens with zero attached hydrogens (tertiary/aromatic N) is 3. The van der Waals surface area contributed by atoms with Crippen LogP contribution in [0.3, 0.4) is 0 Å². The van der Waals surface area contributed by atoms with Gasteiger partial charge in [0.25, 0.3) is 0 Å². The minimum absolute atomic E-state index is 0.0142. The van der Waals surface area contributed by atoms with Gasteiger partial charge >= 0.3 is 6.03 Å². The number of carbonyl (C=O) groups excluding carboxylic acids is 1. The van der Waals surface area contributed by atoms with Crippen LogP contribution in [0.4, 0.5) is 10.5 Å². The molecule has 6 heteroatoms. The van der Waals surface area contributed by atoms with Crippen molar-refractivity contribution in [2.75, 3.05) is 38.5 Å². The Bertz CT molecular complexity index is 694. The Hall–Kier alpha value is -1.66. The summed E-state index contributed by atoms with van der Waals surface area (Å²) in [6, 6.07) is 5.97. The monoisotopic (exact) mass is 360 g/mol.